The second-order valence-corrected chi connectivity index (χ2v) is 3.66. The summed E-state index contributed by atoms with van der Waals surface area (Å²) in [7, 11) is 0. The second kappa shape index (κ2) is 5.67. The molecule has 2 heterocycles. The van der Waals surface area contributed by atoms with Crippen LogP contribution >= 0.6 is 0 Å². The summed E-state index contributed by atoms with van der Waals surface area (Å²) < 4.78 is 10.4. The molecule has 1 aromatic heterocycles. The van der Waals surface area contributed by atoms with Crippen LogP contribution in [-0.2, 0) is 4.74 Å². The van der Waals surface area contributed by atoms with Gasteiger partial charge in [-0.1, -0.05) is 0 Å². The molecule has 1 aliphatic heterocycles. The molecule has 16 heavy (non-hydrogen) atoms. The van der Waals surface area contributed by atoms with Crippen molar-refractivity contribution in [2.75, 3.05) is 31.7 Å². The zero-order valence-corrected chi connectivity index (χ0v) is 9.06. The standard InChI is InChI=1S/C11H16N2O3/c14-4-6-16-11-2-1-9(7-12-11)13-10-3-5-15-8-10/h1-2,7,10,13-14H,3-6,8H2/t10-/m1/s1. The number of nitrogens with zero attached hydrogens (tertiary/aromatic N) is 1. The van der Waals surface area contributed by atoms with Crippen LogP contribution in [0.5, 0.6) is 5.88 Å². The Bertz CT molecular complexity index is 310. The van der Waals surface area contributed by atoms with Crippen LogP contribution in [0.1, 0.15) is 6.42 Å². The van der Waals surface area contributed by atoms with E-state index in [1.807, 2.05) is 6.07 Å². The van der Waals surface area contributed by atoms with E-state index in [2.05, 4.69) is 10.3 Å². The van der Waals surface area contributed by atoms with Crippen molar-refractivity contribution >= 4 is 5.69 Å². The number of hydrogen-bond donors (Lipinski definition) is 2. The molecule has 1 saturated heterocycles. The maximum absolute atomic E-state index is 8.59. The van der Waals surface area contributed by atoms with Gasteiger partial charge in [0.05, 0.1) is 31.1 Å². The van der Waals surface area contributed by atoms with E-state index in [1.165, 1.54) is 0 Å². The Kier molecular flexibility index (Phi) is 3.96. The molecule has 1 aromatic rings. The molecule has 0 bridgehead atoms. The van der Waals surface area contributed by atoms with Crippen LogP contribution in [0.2, 0.25) is 0 Å². The number of rotatable bonds is 5. The van der Waals surface area contributed by atoms with Crippen molar-refractivity contribution in [3.63, 3.8) is 0 Å². The lowest BCUT2D eigenvalue weighted by Crippen LogP contribution is -2.18. The highest BCUT2D eigenvalue weighted by Crippen LogP contribution is 2.15. The summed E-state index contributed by atoms with van der Waals surface area (Å²) in [5, 5.41) is 11.9. The average molecular weight is 224 g/mol. The van der Waals surface area contributed by atoms with Gasteiger partial charge in [0.1, 0.15) is 6.61 Å². The minimum Gasteiger partial charge on any atom is -0.475 e. The van der Waals surface area contributed by atoms with Crippen molar-refractivity contribution in [3.05, 3.63) is 18.3 Å². The van der Waals surface area contributed by atoms with E-state index >= 15 is 0 Å². The van der Waals surface area contributed by atoms with E-state index in [0.717, 1.165) is 25.3 Å². The van der Waals surface area contributed by atoms with E-state index in [9.17, 15) is 0 Å². The molecule has 0 radical (unpaired) electrons. The van der Waals surface area contributed by atoms with Crippen LogP contribution in [0, 0.1) is 0 Å². The lowest BCUT2D eigenvalue weighted by molar-refractivity contribution is 0.195. The highest BCUT2D eigenvalue weighted by molar-refractivity contribution is 5.43. The van der Waals surface area contributed by atoms with E-state index in [0.29, 0.717) is 11.9 Å². The van der Waals surface area contributed by atoms with Gasteiger partial charge in [0.25, 0.3) is 0 Å². The van der Waals surface area contributed by atoms with Gasteiger partial charge in [-0.2, -0.15) is 0 Å². The Labute approximate surface area is 94.4 Å². The first-order chi connectivity index (χ1) is 7.88. The summed E-state index contributed by atoms with van der Waals surface area (Å²) in [4.78, 5) is 4.12. The molecule has 0 unspecified atom stereocenters. The first-order valence-electron chi connectivity index (χ1n) is 5.42. The minimum absolute atomic E-state index is 0.00109. The van der Waals surface area contributed by atoms with Gasteiger partial charge in [0.15, 0.2) is 0 Å². The van der Waals surface area contributed by atoms with Crippen LogP contribution in [0.4, 0.5) is 5.69 Å². The number of hydrogen-bond acceptors (Lipinski definition) is 5. The lowest BCUT2D eigenvalue weighted by atomic mass is 10.2. The predicted molar refractivity (Wildman–Crippen MR) is 59.7 cm³/mol. The molecule has 1 atom stereocenters. The number of anilines is 1. The molecular formula is C11H16N2O3. The molecule has 1 aliphatic rings. The number of pyridine rings is 1. The summed E-state index contributed by atoms with van der Waals surface area (Å²) in [6.45, 7) is 1.85. The molecule has 0 aromatic carbocycles. The van der Waals surface area contributed by atoms with Crippen molar-refractivity contribution in [2.24, 2.45) is 0 Å². The summed E-state index contributed by atoms with van der Waals surface area (Å²) in [5.74, 6) is 0.530. The van der Waals surface area contributed by atoms with Crippen molar-refractivity contribution in [2.45, 2.75) is 12.5 Å². The first kappa shape index (κ1) is 11.2. The topological polar surface area (TPSA) is 63.6 Å². The fourth-order valence-corrected chi connectivity index (χ4v) is 1.59. The largest absolute Gasteiger partial charge is 0.475 e. The number of nitrogens with one attached hydrogen (secondary N) is 1. The third-order valence-electron chi connectivity index (χ3n) is 2.38. The molecule has 5 heteroatoms. The number of ether oxygens (including phenoxy) is 2. The maximum atomic E-state index is 8.59. The molecule has 2 N–H and O–H groups in total. The number of aliphatic hydroxyl groups excluding tert-OH is 1. The fraction of sp³-hybridized carbons (Fsp3) is 0.545. The van der Waals surface area contributed by atoms with Crippen molar-refractivity contribution < 1.29 is 14.6 Å². The van der Waals surface area contributed by atoms with Gasteiger partial charge in [-0.05, 0) is 12.5 Å². The average Bonchev–Trinajstić information content (AvgIpc) is 2.81. The van der Waals surface area contributed by atoms with E-state index in [-0.39, 0.29) is 13.2 Å². The van der Waals surface area contributed by atoms with Gasteiger partial charge < -0.3 is 19.9 Å². The van der Waals surface area contributed by atoms with Gasteiger partial charge in [-0.25, -0.2) is 4.98 Å². The van der Waals surface area contributed by atoms with Gasteiger partial charge in [-0.3, -0.25) is 0 Å². The van der Waals surface area contributed by atoms with Crippen molar-refractivity contribution in [1.29, 1.82) is 0 Å². The molecule has 2 rings (SSSR count). The number of aromatic nitrogens is 1. The van der Waals surface area contributed by atoms with Crippen LogP contribution in [0.3, 0.4) is 0 Å². The Balaban J connectivity index is 1.86. The zero-order valence-electron chi connectivity index (χ0n) is 9.06. The molecule has 88 valence electrons. The zero-order chi connectivity index (χ0) is 11.2. The summed E-state index contributed by atoms with van der Waals surface area (Å²) in [6, 6.07) is 4.08. The minimum atomic E-state index is 0.00109. The predicted octanol–water partition coefficient (Wildman–Crippen LogP) is 0.653. The van der Waals surface area contributed by atoms with Gasteiger partial charge >= 0.3 is 0 Å². The van der Waals surface area contributed by atoms with Gasteiger partial charge in [0.2, 0.25) is 5.88 Å². The summed E-state index contributed by atoms with van der Waals surface area (Å²) in [5.41, 5.74) is 0.965. The first-order valence-corrected chi connectivity index (χ1v) is 5.42. The third-order valence-corrected chi connectivity index (χ3v) is 2.38. The monoisotopic (exact) mass is 224 g/mol. The SMILES string of the molecule is OCCOc1ccc(N[C@@H]2CCOC2)cn1. The smallest absolute Gasteiger partial charge is 0.213 e. The summed E-state index contributed by atoms with van der Waals surface area (Å²) >= 11 is 0. The van der Waals surface area contributed by atoms with Crippen LogP contribution in [-0.4, -0.2) is 42.6 Å². The third kappa shape index (κ3) is 3.08. The van der Waals surface area contributed by atoms with Crippen LogP contribution < -0.4 is 10.1 Å². The normalized spacial score (nSPS) is 19.7. The lowest BCUT2D eigenvalue weighted by Gasteiger charge is -2.12. The Morgan fingerprint density at radius 3 is 3.12 bits per heavy atom. The van der Waals surface area contributed by atoms with Gasteiger partial charge in [0, 0.05) is 12.7 Å². The molecule has 5 nitrogen and oxygen atoms in total. The van der Waals surface area contributed by atoms with Gasteiger partial charge in [-0.15, -0.1) is 0 Å². The Hall–Kier alpha value is -1.33. The highest BCUT2D eigenvalue weighted by Gasteiger charge is 2.14. The maximum Gasteiger partial charge on any atom is 0.213 e. The Morgan fingerprint density at radius 2 is 2.50 bits per heavy atom. The summed E-state index contributed by atoms with van der Waals surface area (Å²) in [6.07, 6.45) is 2.76. The molecule has 0 spiro atoms. The molecular weight excluding hydrogens is 208 g/mol. The molecule has 0 aliphatic carbocycles. The molecule has 0 amide bonds. The van der Waals surface area contributed by atoms with E-state index in [4.69, 9.17) is 14.6 Å². The van der Waals surface area contributed by atoms with Crippen molar-refractivity contribution in [1.82, 2.24) is 4.98 Å². The molecule has 0 saturated carbocycles. The molecule has 1 fully saturated rings. The fourth-order valence-electron chi connectivity index (χ4n) is 1.59. The quantitative estimate of drug-likeness (QED) is 0.769. The van der Waals surface area contributed by atoms with Crippen LogP contribution in [0.25, 0.3) is 0 Å². The van der Waals surface area contributed by atoms with E-state index in [1.54, 1.807) is 12.3 Å². The number of aliphatic hydroxyl groups is 1. The second-order valence-electron chi connectivity index (χ2n) is 3.66. The van der Waals surface area contributed by atoms with Crippen LogP contribution in [0.15, 0.2) is 18.3 Å². The van der Waals surface area contributed by atoms with E-state index < -0.39 is 0 Å². The Morgan fingerprint density at radius 1 is 1.56 bits per heavy atom. The highest BCUT2D eigenvalue weighted by atomic mass is 16.5. The van der Waals surface area contributed by atoms with Crippen molar-refractivity contribution in [3.8, 4) is 5.88 Å².